The summed E-state index contributed by atoms with van der Waals surface area (Å²) >= 11 is 0. The Hall–Kier alpha value is -1.35. The van der Waals surface area contributed by atoms with E-state index in [0.717, 1.165) is 26.1 Å². The number of amides is 1. The Balaban J connectivity index is 2.33. The molecular formula is C20H34N2O. The van der Waals surface area contributed by atoms with Crippen molar-refractivity contribution in [2.75, 3.05) is 19.6 Å². The molecule has 0 aliphatic rings. The van der Waals surface area contributed by atoms with Crippen LogP contribution >= 0.6 is 0 Å². The van der Waals surface area contributed by atoms with E-state index in [1.165, 1.54) is 11.1 Å². The van der Waals surface area contributed by atoms with Crippen molar-refractivity contribution >= 4 is 5.91 Å². The van der Waals surface area contributed by atoms with Crippen LogP contribution in [0.15, 0.2) is 24.3 Å². The lowest BCUT2D eigenvalue weighted by molar-refractivity contribution is -0.121. The minimum atomic E-state index is 0.143. The quantitative estimate of drug-likeness (QED) is 0.791. The number of benzene rings is 1. The zero-order valence-corrected chi connectivity index (χ0v) is 15.8. The van der Waals surface area contributed by atoms with Gasteiger partial charge in [-0.25, -0.2) is 0 Å². The second kappa shape index (κ2) is 9.07. The molecule has 0 radical (unpaired) electrons. The number of carbonyl (C=O) groups is 1. The Bertz CT molecular complexity index is 471. The standard InChI is InChI=1S/C20H34N2O/c1-7-22(16(2)3)15-14-21-19(23)13-10-17-8-11-18(12-9-17)20(4,5)6/h8-9,11-12,16H,7,10,13-15H2,1-6H3,(H,21,23). The molecule has 1 N–H and O–H groups in total. The smallest absolute Gasteiger partial charge is 0.220 e. The first-order chi connectivity index (χ1) is 10.7. The van der Waals surface area contributed by atoms with Gasteiger partial charge in [-0.1, -0.05) is 52.0 Å². The SMILES string of the molecule is CCN(CCNC(=O)CCc1ccc(C(C)(C)C)cc1)C(C)C. The van der Waals surface area contributed by atoms with E-state index in [-0.39, 0.29) is 11.3 Å². The number of carbonyl (C=O) groups excluding carboxylic acids is 1. The van der Waals surface area contributed by atoms with Crippen LogP contribution in [0.4, 0.5) is 0 Å². The first-order valence-electron chi connectivity index (χ1n) is 8.84. The third kappa shape index (κ3) is 7.17. The van der Waals surface area contributed by atoms with Gasteiger partial charge in [-0.2, -0.15) is 0 Å². The van der Waals surface area contributed by atoms with Crippen LogP contribution in [0.5, 0.6) is 0 Å². The highest BCUT2D eigenvalue weighted by Gasteiger charge is 2.13. The van der Waals surface area contributed by atoms with Gasteiger partial charge in [0, 0.05) is 25.6 Å². The summed E-state index contributed by atoms with van der Waals surface area (Å²) in [6.45, 7) is 15.8. The van der Waals surface area contributed by atoms with Gasteiger partial charge in [-0.3, -0.25) is 9.69 Å². The first-order valence-corrected chi connectivity index (χ1v) is 8.84. The molecule has 130 valence electrons. The lowest BCUT2D eigenvalue weighted by Crippen LogP contribution is -2.38. The number of hydrogen-bond donors (Lipinski definition) is 1. The normalized spacial score (nSPS) is 12.0. The van der Waals surface area contributed by atoms with Crippen LogP contribution in [-0.2, 0) is 16.6 Å². The third-order valence-corrected chi connectivity index (χ3v) is 4.32. The number of hydrogen-bond acceptors (Lipinski definition) is 2. The Kier molecular flexibility index (Phi) is 7.77. The summed E-state index contributed by atoms with van der Waals surface area (Å²) in [5.74, 6) is 0.143. The predicted octanol–water partition coefficient (Wildman–Crippen LogP) is 3.76. The van der Waals surface area contributed by atoms with Crippen LogP contribution in [0.2, 0.25) is 0 Å². The molecule has 0 fully saturated rings. The van der Waals surface area contributed by atoms with Crippen molar-refractivity contribution < 1.29 is 4.79 Å². The Morgan fingerprint density at radius 3 is 2.26 bits per heavy atom. The van der Waals surface area contributed by atoms with Gasteiger partial charge >= 0.3 is 0 Å². The number of aryl methyl sites for hydroxylation is 1. The lowest BCUT2D eigenvalue weighted by atomic mass is 9.86. The highest BCUT2D eigenvalue weighted by atomic mass is 16.1. The lowest BCUT2D eigenvalue weighted by Gasteiger charge is -2.24. The minimum absolute atomic E-state index is 0.143. The first kappa shape index (κ1) is 19.7. The van der Waals surface area contributed by atoms with E-state index < -0.39 is 0 Å². The number of nitrogens with one attached hydrogen (secondary N) is 1. The van der Waals surface area contributed by atoms with Gasteiger partial charge in [0.05, 0.1) is 0 Å². The molecule has 0 aliphatic heterocycles. The van der Waals surface area contributed by atoms with Gasteiger partial charge < -0.3 is 5.32 Å². The fourth-order valence-electron chi connectivity index (χ4n) is 2.64. The molecule has 1 amide bonds. The van der Waals surface area contributed by atoms with Crippen LogP contribution in [0.1, 0.15) is 59.1 Å². The summed E-state index contributed by atoms with van der Waals surface area (Å²) < 4.78 is 0. The van der Waals surface area contributed by atoms with Crippen LogP contribution in [0.25, 0.3) is 0 Å². The van der Waals surface area contributed by atoms with E-state index in [1.54, 1.807) is 0 Å². The molecule has 1 aromatic rings. The minimum Gasteiger partial charge on any atom is -0.355 e. The molecule has 0 saturated heterocycles. The summed E-state index contributed by atoms with van der Waals surface area (Å²) in [5.41, 5.74) is 2.74. The van der Waals surface area contributed by atoms with Crippen molar-refractivity contribution in [1.82, 2.24) is 10.2 Å². The van der Waals surface area contributed by atoms with Gasteiger partial charge in [-0.05, 0) is 43.4 Å². The zero-order chi connectivity index (χ0) is 17.5. The number of rotatable bonds is 8. The van der Waals surface area contributed by atoms with Gasteiger partial charge in [0.25, 0.3) is 0 Å². The number of likely N-dealkylation sites (N-methyl/N-ethyl adjacent to an activating group) is 1. The van der Waals surface area contributed by atoms with Crippen molar-refractivity contribution in [3.05, 3.63) is 35.4 Å². The van der Waals surface area contributed by atoms with E-state index in [0.29, 0.717) is 12.5 Å². The second-order valence-corrected chi connectivity index (χ2v) is 7.52. The zero-order valence-electron chi connectivity index (χ0n) is 15.8. The van der Waals surface area contributed by atoms with Crippen LogP contribution in [-0.4, -0.2) is 36.5 Å². The molecule has 0 spiro atoms. The Morgan fingerprint density at radius 2 is 1.78 bits per heavy atom. The van der Waals surface area contributed by atoms with Crippen molar-refractivity contribution in [3.8, 4) is 0 Å². The van der Waals surface area contributed by atoms with Crippen molar-refractivity contribution in [2.45, 2.75) is 65.8 Å². The molecule has 3 heteroatoms. The summed E-state index contributed by atoms with van der Waals surface area (Å²) in [7, 11) is 0. The van der Waals surface area contributed by atoms with Crippen LogP contribution in [0.3, 0.4) is 0 Å². The molecular weight excluding hydrogens is 284 g/mol. The molecule has 0 unspecified atom stereocenters. The summed E-state index contributed by atoms with van der Waals surface area (Å²) in [6, 6.07) is 9.17. The maximum Gasteiger partial charge on any atom is 0.220 e. The molecule has 0 saturated carbocycles. The van der Waals surface area contributed by atoms with E-state index in [1.807, 2.05) is 0 Å². The Labute approximate surface area is 142 Å². The van der Waals surface area contributed by atoms with E-state index in [2.05, 4.69) is 76.0 Å². The molecule has 0 bridgehead atoms. The number of nitrogens with zero attached hydrogens (tertiary/aromatic N) is 1. The molecule has 0 aromatic heterocycles. The van der Waals surface area contributed by atoms with Crippen molar-refractivity contribution in [2.24, 2.45) is 0 Å². The molecule has 0 heterocycles. The highest BCUT2D eigenvalue weighted by molar-refractivity contribution is 5.76. The summed E-state index contributed by atoms with van der Waals surface area (Å²) in [6.07, 6.45) is 1.36. The van der Waals surface area contributed by atoms with Crippen LogP contribution < -0.4 is 5.32 Å². The van der Waals surface area contributed by atoms with E-state index >= 15 is 0 Å². The monoisotopic (exact) mass is 318 g/mol. The summed E-state index contributed by atoms with van der Waals surface area (Å²) in [5, 5.41) is 3.03. The second-order valence-electron chi connectivity index (χ2n) is 7.52. The molecule has 1 aromatic carbocycles. The van der Waals surface area contributed by atoms with Crippen LogP contribution in [0, 0.1) is 0 Å². The maximum absolute atomic E-state index is 12.0. The maximum atomic E-state index is 12.0. The van der Waals surface area contributed by atoms with E-state index in [9.17, 15) is 4.79 Å². The van der Waals surface area contributed by atoms with Crippen molar-refractivity contribution in [3.63, 3.8) is 0 Å². The van der Waals surface area contributed by atoms with E-state index in [4.69, 9.17) is 0 Å². The topological polar surface area (TPSA) is 32.3 Å². The molecule has 0 atom stereocenters. The third-order valence-electron chi connectivity index (χ3n) is 4.32. The fraction of sp³-hybridized carbons (Fsp3) is 0.650. The molecule has 3 nitrogen and oxygen atoms in total. The Morgan fingerprint density at radius 1 is 1.17 bits per heavy atom. The fourth-order valence-corrected chi connectivity index (χ4v) is 2.64. The van der Waals surface area contributed by atoms with Gasteiger partial charge in [-0.15, -0.1) is 0 Å². The van der Waals surface area contributed by atoms with Gasteiger partial charge in [0.15, 0.2) is 0 Å². The van der Waals surface area contributed by atoms with Gasteiger partial charge in [0.1, 0.15) is 0 Å². The van der Waals surface area contributed by atoms with Crippen molar-refractivity contribution in [1.29, 1.82) is 0 Å². The highest BCUT2D eigenvalue weighted by Crippen LogP contribution is 2.22. The molecule has 1 rings (SSSR count). The summed E-state index contributed by atoms with van der Waals surface area (Å²) in [4.78, 5) is 14.3. The molecule has 0 aliphatic carbocycles. The molecule has 23 heavy (non-hydrogen) atoms. The average molecular weight is 319 g/mol. The average Bonchev–Trinajstić information content (AvgIpc) is 2.48. The predicted molar refractivity (Wildman–Crippen MR) is 98.9 cm³/mol. The van der Waals surface area contributed by atoms with Gasteiger partial charge in [0.2, 0.25) is 5.91 Å². The largest absolute Gasteiger partial charge is 0.355 e.